The highest BCUT2D eigenvalue weighted by molar-refractivity contribution is 7.16. The van der Waals surface area contributed by atoms with Crippen LogP contribution in [0.5, 0.6) is 0 Å². The lowest BCUT2D eigenvalue weighted by Crippen LogP contribution is -2.14. The maximum Gasteiger partial charge on any atom is 0.340 e. The molecule has 0 aliphatic carbocycles. The predicted octanol–water partition coefficient (Wildman–Crippen LogP) is 4.04. The number of carbonyl (C=O) groups is 2. The number of esters is 1. The molecule has 0 saturated carbocycles. The lowest BCUT2D eigenvalue weighted by molar-refractivity contribution is 0.0602. The molecule has 4 rings (SSSR count). The third-order valence-electron chi connectivity index (χ3n) is 4.45. The summed E-state index contributed by atoms with van der Waals surface area (Å²) in [6.07, 6.45) is 3.55. The molecule has 7 nitrogen and oxygen atoms in total. The van der Waals surface area contributed by atoms with Gasteiger partial charge >= 0.3 is 5.97 Å². The van der Waals surface area contributed by atoms with Crippen LogP contribution in [0, 0.1) is 6.92 Å². The number of hydrogen-bond acceptors (Lipinski definition) is 6. The van der Waals surface area contributed by atoms with Crippen LogP contribution in [0.4, 0.5) is 5.00 Å². The fourth-order valence-electron chi connectivity index (χ4n) is 3.10. The molecule has 1 aromatic carbocycles. The number of nitrogens with one attached hydrogen (secondary N) is 1. The Balaban J connectivity index is 1.79. The van der Waals surface area contributed by atoms with Crippen LogP contribution in [0.15, 0.2) is 48.8 Å². The fourth-order valence-corrected chi connectivity index (χ4v) is 4.00. The molecule has 8 heteroatoms. The molecule has 29 heavy (non-hydrogen) atoms. The first-order chi connectivity index (χ1) is 14.0. The van der Waals surface area contributed by atoms with Crippen molar-refractivity contribution in [2.45, 2.75) is 6.92 Å². The Labute approximate surface area is 171 Å². The van der Waals surface area contributed by atoms with Crippen molar-refractivity contribution in [3.8, 4) is 11.3 Å². The van der Waals surface area contributed by atoms with E-state index in [1.165, 1.54) is 18.4 Å². The Morgan fingerprint density at radius 2 is 1.97 bits per heavy atom. The normalized spacial score (nSPS) is 10.9. The van der Waals surface area contributed by atoms with Gasteiger partial charge in [-0.05, 0) is 25.1 Å². The molecule has 4 aromatic rings. The van der Waals surface area contributed by atoms with Crippen LogP contribution in [0.25, 0.3) is 22.2 Å². The first-order valence-electron chi connectivity index (χ1n) is 8.85. The molecule has 0 aliphatic heterocycles. The minimum atomic E-state index is -0.486. The monoisotopic (exact) mass is 406 g/mol. The van der Waals surface area contributed by atoms with E-state index in [0.717, 1.165) is 15.8 Å². The van der Waals surface area contributed by atoms with Gasteiger partial charge in [0.2, 0.25) is 0 Å². The van der Waals surface area contributed by atoms with E-state index in [2.05, 4.69) is 15.4 Å². The molecular formula is C21H18N4O3S. The van der Waals surface area contributed by atoms with Gasteiger partial charge in [-0.3, -0.25) is 9.48 Å². The zero-order valence-electron chi connectivity index (χ0n) is 16.1. The number of amides is 1. The van der Waals surface area contributed by atoms with Gasteiger partial charge in [0, 0.05) is 29.1 Å². The number of rotatable bonds is 4. The van der Waals surface area contributed by atoms with Crippen molar-refractivity contribution >= 4 is 39.1 Å². The molecule has 0 unspecified atom stereocenters. The number of hydrogen-bond donors (Lipinski definition) is 1. The third-order valence-corrected chi connectivity index (χ3v) is 5.42. The van der Waals surface area contributed by atoms with E-state index < -0.39 is 5.97 Å². The van der Waals surface area contributed by atoms with Crippen LogP contribution in [-0.2, 0) is 11.8 Å². The number of aryl methyl sites for hydroxylation is 2. The number of thiophene rings is 1. The number of carbonyl (C=O) groups excluding carboxylic acids is 2. The molecular weight excluding hydrogens is 388 g/mol. The second-order valence-electron chi connectivity index (χ2n) is 6.52. The molecule has 0 bridgehead atoms. The maximum atomic E-state index is 13.2. The number of pyridine rings is 1. The first-order valence-corrected chi connectivity index (χ1v) is 9.67. The van der Waals surface area contributed by atoms with E-state index in [1.807, 2.05) is 44.4 Å². The Kier molecular flexibility index (Phi) is 4.85. The van der Waals surface area contributed by atoms with Crippen molar-refractivity contribution in [1.29, 1.82) is 0 Å². The Hall–Kier alpha value is -3.52. The minimum Gasteiger partial charge on any atom is -0.465 e. The van der Waals surface area contributed by atoms with Crippen LogP contribution in [0.2, 0.25) is 0 Å². The summed E-state index contributed by atoms with van der Waals surface area (Å²) in [5.41, 5.74) is 2.98. The van der Waals surface area contributed by atoms with E-state index in [1.54, 1.807) is 23.0 Å². The molecule has 1 amide bonds. The van der Waals surface area contributed by atoms with Gasteiger partial charge in [0.15, 0.2) is 0 Å². The summed E-state index contributed by atoms with van der Waals surface area (Å²) in [5, 5.41) is 8.24. The second-order valence-corrected chi connectivity index (χ2v) is 7.78. The molecule has 3 aromatic heterocycles. The molecule has 0 aliphatic rings. The van der Waals surface area contributed by atoms with Crippen molar-refractivity contribution in [3.63, 3.8) is 0 Å². The van der Waals surface area contributed by atoms with E-state index in [0.29, 0.717) is 27.3 Å². The molecule has 0 saturated heterocycles. The predicted molar refractivity (Wildman–Crippen MR) is 112 cm³/mol. The Morgan fingerprint density at radius 3 is 2.69 bits per heavy atom. The zero-order chi connectivity index (χ0) is 20.5. The van der Waals surface area contributed by atoms with Crippen LogP contribution >= 0.6 is 11.3 Å². The van der Waals surface area contributed by atoms with Crippen molar-refractivity contribution in [1.82, 2.24) is 14.8 Å². The molecule has 1 N–H and O–H groups in total. The number of methoxy groups -OCH3 is 1. The number of ether oxygens (including phenoxy) is 1. The lowest BCUT2D eigenvalue weighted by Gasteiger charge is -2.10. The van der Waals surface area contributed by atoms with Gasteiger partial charge in [0.25, 0.3) is 5.91 Å². The zero-order valence-corrected chi connectivity index (χ0v) is 16.9. The Morgan fingerprint density at radius 1 is 1.17 bits per heavy atom. The van der Waals surface area contributed by atoms with Crippen molar-refractivity contribution in [3.05, 3.63) is 64.8 Å². The van der Waals surface area contributed by atoms with Gasteiger partial charge in [-0.1, -0.05) is 18.2 Å². The van der Waals surface area contributed by atoms with Crippen molar-refractivity contribution in [2.75, 3.05) is 12.4 Å². The minimum absolute atomic E-state index is 0.319. The maximum absolute atomic E-state index is 13.2. The molecule has 0 radical (unpaired) electrons. The van der Waals surface area contributed by atoms with Crippen molar-refractivity contribution < 1.29 is 14.3 Å². The van der Waals surface area contributed by atoms with E-state index in [9.17, 15) is 9.59 Å². The average Bonchev–Trinajstić information content (AvgIpc) is 3.31. The molecule has 146 valence electrons. The SMILES string of the molecule is COC(=O)c1cc(C)sc1NC(=O)c1cc(-c2cnn(C)c2)nc2ccccc12. The summed E-state index contributed by atoms with van der Waals surface area (Å²) < 4.78 is 6.51. The first kappa shape index (κ1) is 18.8. The topological polar surface area (TPSA) is 86.1 Å². The standard InChI is InChI=1S/C21H18N4O3S/c1-12-8-16(21(27)28-3)20(29-12)24-19(26)15-9-18(13-10-22-25(2)11-13)23-17-7-5-4-6-14(15)17/h4-11H,1-3H3,(H,24,26). The molecule has 0 atom stereocenters. The highest BCUT2D eigenvalue weighted by Gasteiger charge is 2.20. The Bertz CT molecular complexity index is 1240. The van der Waals surface area contributed by atoms with E-state index >= 15 is 0 Å². The van der Waals surface area contributed by atoms with Gasteiger partial charge in [0.05, 0.1) is 35.6 Å². The number of para-hydroxylation sites is 1. The van der Waals surface area contributed by atoms with Gasteiger partial charge in [0.1, 0.15) is 5.00 Å². The smallest absolute Gasteiger partial charge is 0.340 e. The summed E-state index contributed by atoms with van der Waals surface area (Å²) >= 11 is 1.33. The van der Waals surface area contributed by atoms with Crippen LogP contribution in [0.3, 0.4) is 0 Å². The fraction of sp³-hybridized carbons (Fsp3) is 0.143. The second kappa shape index (κ2) is 7.48. The highest BCUT2D eigenvalue weighted by Crippen LogP contribution is 2.30. The number of fused-ring (bicyclic) bond motifs is 1. The number of aromatic nitrogens is 3. The van der Waals surface area contributed by atoms with E-state index in [-0.39, 0.29) is 5.91 Å². The van der Waals surface area contributed by atoms with Crippen molar-refractivity contribution in [2.24, 2.45) is 7.05 Å². The van der Waals surface area contributed by atoms with Gasteiger partial charge in [-0.25, -0.2) is 9.78 Å². The van der Waals surface area contributed by atoms with Crippen LogP contribution in [-0.4, -0.2) is 33.8 Å². The number of nitrogens with zero attached hydrogens (tertiary/aromatic N) is 3. The lowest BCUT2D eigenvalue weighted by atomic mass is 10.0. The summed E-state index contributed by atoms with van der Waals surface area (Å²) in [6, 6.07) is 10.9. The number of anilines is 1. The summed E-state index contributed by atoms with van der Waals surface area (Å²) in [6.45, 7) is 1.87. The van der Waals surface area contributed by atoms with E-state index in [4.69, 9.17) is 4.74 Å². The molecule has 3 heterocycles. The summed E-state index contributed by atoms with van der Waals surface area (Å²) in [4.78, 5) is 30.8. The van der Waals surface area contributed by atoms with Gasteiger partial charge in [-0.15, -0.1) is 11.3 Å². The number of benzene rings is 1. The quantitative estimate of drug-likeness (QED) is 0.517. The molecule has 0 spiro atoms. The van der Waals surface area contributed by atoms with Gasteiger partial charge < -0.3 is 10.1 Å². The van der Waals surface area contributed by atoms with Crippen LogP contribution in [0.1, 0.15) is 25.6 Å². The summed E-state index contributed by atoms with van der Waals surface area (Å²) in [7, 11) is 3.14. The average molecular weight is 406 g/mol. The van der Waals surface area contributed by atoms with Gasteiger partial charge in [-0.2, -0.15) is 5.10 Å². The third kappa shape index (κ3) is 3.62. The van der Waals surface area contributed by atoms with Crippen LogP contribution < -0.4 is 5.32 Å². The molecule has 0 fully saturated rings. The summed E-state index contributed by atoms with van der Waals surface area (Å²) in [5.74, 6) is -0.805. The highest BCUT2D eigenvalue weighted by atomic mass is 32.1. The largest absolute Gasteiger partial charge is 0.465 e.